The standard InChI is InChI=1S/C23H17NO4/c1-14-5-4-6-16(11-14)24-22(27)18-8-3-2-7-17(18)19(23(24)28)12-15-9-10-20(25)21(26)13-15/h2-13,25-26H,1H3/b19-12-. The molecule has 0 fully saturated rings. The van der Waals surface area contributed by atoms with E-state index in [0.717, 1.165) is 5.56 Å². The Hall–Kier alpha value is -3.86. The molecule has 0 radical (unpaired) electrons. The third kappa shape index (κ3) is 2.93. The minimum atomic E-state index is -0.443. The number of carbonyl (C=O) groups is 2. The summed E-state index contributed by atoms with van der Waals surface area (Å²) in [5.74, 6) is -1.34. The lowest BCUT2D eigenvalue weighted by atomic mass is 9.91. The Balaban J connectivity index is 1.91. The average molecular weight is 371 g/mol. The summed E-state index contributed by atoms with van der Waals surface area (Å²) in [4.78, 5) is 27.5. The molecule has 0 bridgehead atoms. The molecule has 0 saturated carbocycles. The predicted molar refractivity (Wildman–Crippen MR) is 107 cm³/mol. The minimum Gasteiger partial charge on any atom is -0.504 e. The highest BCUT2D eigenvalue weighted by Crippen LogP contribution is 2.34. The number of hydrogen-bond acceptors (Lipinski definition) is 4. The molecule has 0 unspecified atom stereocenters. The number of carbonyl (C=O) groups excluding carboxylic acids is 2. The topological polar surface area (TPSA) is 77.8 Å². The zero-order valence-corrected chi connectivity index (χ0v) is 15.1. The van der Waals surface area contributed by atoms with Crippen LogP contribution in [0, 0.1) is 6.92 Å². The number of imide groups is 1. The number of phenolic OH excluding ortho intramolecular Hbond substituents is 2. The maximum absolute atomic E-state index is 13.3. The van der Waals surface area contributed by atoms with Crippen LogP contribution in [0.2, 0.25) is 0 Å². The molecule has 0 saturated heterocycles. The van der Waals surface area contributed by atoms with E-state index in [1.54, 1.807) is 54.6 Å². The summed E-state index contributed by atoms with van der Waals surface area (Å²) in [6.07, 6.45) is 1.61. The second-order valence-electron chi connectivity index (χ2n) is 6.64. The summed E-state index contributed by atoms with van der Waals surface area (Å²) in [6.45, 7) is 1.90. The van der Waals surface area contributed by atoms with Crippen LogP contribution < -0.4 is 4.90 Å². The fraction of sp³-hybridized carbons (Fsp3) is 0.0435. The highest BCUT2D eigenvalue weighted by molar-refractivity contribution is 6.43. The van der Waals surface area contributed by atoms with Crippen molar-refractivity contribution < 1.29 is 19.8 Å². The second kappa shape index (κ2) is 6.70. The number of aromatic hydroxyl groups is 2. The summed E-state index contributed by atoms with van der Waals surface area (Å²) in [6, 6.07) is 18.4. The first-order chi connectivity index (χ1) is 13.5. The van der Waals surface area contributed by atoms with Crippen molar-refractivity contribution in [3.63, 3.8) is 0 Å². The van der Waals surface area contributed by atoms with E-state index in [1.807, 2.05) is 13.0 Å². The first-order valence-electron chi connectivity index (χ1n) is 8.74. The van der Waals surface area contributed by atoms with Crippen molar-refractivity contribution in [2.45, 2.75) is 6.92 Å². The Bertz CT molecular complexity index is 1150. The predicted octanol–water partition coefficient (Wildman–Crippen LogP) is 4.13. The van der Waals surface area contributed by atoms with Gasteiger partial charge in [0.25, 0.3) is 11.8 Å². The van der Waals surface area contributed by atoms with Gasteiger partial charge in [-0.25, -0.2) is 4.90 Å². The average Bonchev–Trinajstić information content (AvgIpc) is 2.68. The van der Waals surface area contributed by atoms with Crippen LogP contribution in [0.4, 0.5) is 5.69 Å². The number of fused-ring (bicyclic) bond motifs is 1. The smallest absolute Gasteiger partial charge is 0.265 e. The van der Waals surface area contributed by atoms with Gasteiger partial charge >= 0.3 is 0 Å². The van der Waals surface area contributed by atoms with Crippen LogP contribution in [0.1, 0.15) is 27.0 Å². The molecule has 1 aliphatic heterocycles. The van der Waals surface area contributed by atoms with Crippen molar-refractivity contribution in [2.75, 3.05) is 4.90 Å². The number of benzene rings is 3. The number of hydrogen-bond donors (Lipinski definition) is 2. The highest BCUT2D eigenvalue weighted by Gasteiger charge is 2.35. The third-order valence-electron chi connectivity index (χ3n) is 4.65. The number of rotatable bonds is 2. The lowest BCUT2D eigenvalue weighted by Gasteiger charge is -2.29. The number of aryl methyl sites for hydroxylation is 1. The molecule has 0 aliphatic carbocycles. The normalized spacial score (nSPS) is 15.0. The van der Waals surface area contributed by atoms with Crippen LogP contribution in [0.25, 0.3) is 11.6 Å². The molecule has 0 spiro atoms. The molecular formula is C23H17NO4. The molecule has 1 heterocycles. The molecule has 5 heteroatoms. The van der Waals surface area contributed by atoms with Gasteiger partial charge in [0.15, 0.2) is 11.5 Å². The van der Waals surface area contributed by atoms with Gasteiger partial charge in [0.05, 0.1) is 5.69 Å². The molecular weight excluding hydrogens is 354 g/mol. The van der Waals surface area contributed by atoms with Crippen LogP contribution in [0.5, 0.6) is 11.5 Å². The van der Waals surface area contributed by atoms with Crippen LogP contribution >= 0.6 is 0 Å². The lowest BCUT2D eigenvalue weighted by Crippen LogP contribution is -2.41. The largest absolute Gasteiger partial charge is 0.504 e. The zero-order valence-electron chi connectivity index (χ0n) is 15.1. The van der Waals surface area contributed by atoms with Gasteiger partial charge in [-0.15, -0.1) is 0 Å². The SMILES string of the molecule is Cc1cccc(N2C(=O)/C(=C\c3ccc(O)c(O)c3)c3ccccc3C2=O)c1. The van der Waals surface area contributed by atoms with E-state index in [-0.39, 0.29) is 17.4 Å². The van der Waals surface area contributed by atoms with E-state index < -0.39 is 5.91 Å². The molecule has 3 aromatic carbocycles. The van der Waals surface area contributed by atoms with Crippen molar-refractivity contribution >= 4 is 29.2 Å². The quantitative estimate of drug-likeness (QED) is 0.403. The summed E-state index contributed by atoms with van der Waals surface area (Å²) in [7, 11) is 0. The fourth-order valence-corrected chi connectivity index (χ4v) is 3.29. The van der Waals surface area contributed by atoms with Crippen LogP contribution in [0.15, 0.2) is 66.7 Å². The lowest BCUT2D eigenvalue weighted by molar-refractivity contribution is -0.112. The molecule has 4 rings (SSSR count). The summed E-state index contributed by atoms with van der Waals surface area (Å²) in [5.41, 5.74) is 3.27. The summed E-state index contributed by atoms with van der Waals surface area (Å²) >= 11 is 0. The van der Waals surface area contributed by atoms with E-state index in [0.29, 0.717) is 28.0 Å². The van der Waals surface area contributed by atoms with Gasteiger partial charge in [-0.3, -0.25) is 9.59 Å². The summed E-state index contributed by atoms with van der Waals surface area (Å²) in [5, 5.41) is 19.3. The Kier molecular flexibility index (Phi) is 4.20. The third-order valence-corrected chi connectivity index (χ3v) is 4.65. The van der Waals surface area contributed by atoms with Gasteiger partial charge in [-0.05, 0) is 60.0 Å². The molecule has 2 N–H and O–H groups in total. The number of amides is 2. The molecule has 1 aliphatic rings. The van der Waals surface area contributed by atoms with E-state index >= 15 is 0 Å². The van der Waals surface area contributed by atoms with E-state index in [2.05, 4.69) is 0 Å². The van der Waals surface area contributed by atoms with Gasteiger partial charge in [0.1, 0.15) is 0 Å². The van der Waals surface area contributed by atoms with E-state index in [9.17, 15) is 19.8 Å². The fourth-order valence-electron chi connectivity index (χ4n) is 3.29. The second-order valence-corrected chi connectivity index (χ2v) is 6.64. The van der Waals surface area contributed by atoms with Gasteiger partial charge in [0.2, 0.25) is 0 Å². The Morgan fingerprint density at radius 1 is 0.786 bits per heavy atom. The maximum atomic E-state index is 13.3. The van der Waals surface area contributed by atoms with Crippen molar-refractivity contribution in [3.8, 4) is 11.5 Å². The van der Waals surface area contributed by atoms with Crippen LogP contribution in [-0.4, -0.2) is 22.0 Å². The van der Waals surface area contributed by atoms with Gasteiger partial charge in [0, 0.05) is 11.1 Å². The van der Waals surface area contributed by atoms with E-state index in [1.165, 1.54) is 17.0 Å². The molecule has 0 aromatic heterocycles. The van der Waals surface area contributed by atoms with Crippen molar-refractivity contribution in [2.24, 2.45) is 0 Å². The van der Waals surface area contributed by atoms with Crippen molar-refractivity contribution in [3.05, 3.63) is 89.0 Å². The number of anilines is 1. The molecule has 138 valence electrons. The van der Waals surface area contributed by atoms with Gasteiger partial charge < -0.3 is 10.2 Å². The van der Waals surface area contributed by atoms with Crippen LogP contribution in [-0.2, 0) is 4.79 Å². The van der Waals surface area contributed by atoms with Crippen molar-refractivity contribution in [1.82, 2.24) is 0 Å². The molecule has 5 nitrogen and oxygen atoms in total. The monoisotopic (exact) mass is 371 g/mol. The van der Waals surface area contributed by atoms with Gasteiger partial charge in [-0.1, -0.05) is 36.4 Å². The Labute approximate surface area is 161 Å². The molecule has 3 aromatic rings. The Morgan fingerprint density at radius 2 is 1.54 bits per heavy atom. The van der Waals surface area contributed by atoms with Crippen molar-refractivity contribution in [1.29, 1.82) is 0 Å². The van der Waals surface area contributed by atoms with Gasteiger partial charge in [-0.2, -0.15) is 0 Å². The Morgan fingerprint density at radius 3 is 2.25 bits per heavy atom. The number of nitrogens with zero attached hydrogens (tertiary/aromatic N) is 1. The number of phenols is 2. The van der Waals surface area contributed by atoms with E-state index in [4.69, 9.17) is 0 Å². The molecule has 0 atom stereocenters. The highest BCUT2D eigenvalue weighted by atomic mass is 16.3. The zero-order chi connectivity index (χ0) is 19.8. The molecule has 2 amide bonds. The minimum absolute atomic E-state index is 0.242. The first-order valence-corrected chi connectivity index (χ1v) is 8.74. The van der Waals surface area contributed by atoms with Crippen LogP contribution in [0.3, 0.4) is 0 Å². The maximum Gasteiger partial charge on any atom is 0.265 e. The first kappa shape index (κ1) is 17.5. The summed E-state index contributed by atoms with van der Waals surface area (Å²) < 4.78 is 0. The molecule has 28 heavy (non-hydrogen) atoms.